The first-order valence-electron chi connectivity index (χ1n) is 7.35. The molecule has 0 atom stereocenters. The highest BCUT2D eigenvalue weighted by molar-refractivity contribution is 5.90. The molecule has 21 heavy (non-hydrogen) atoms. The number of rotatable bonds is 7. The summed E-state index contributed by atoms with van der Waals surface area (Å²) in [5, 5.41) is 6.20. The molecular formula is C18H22N2O. The summed E-state index contributed by atoms with van der Waals surface area (Å²) in [6, 6.07) is 18.2. The van der Waals surface area contributed by atoms with E-state index in [9.17, 15) is 4.79 Å². The Morgan fingerprint density at radius 2 is 1.67 bits per heavy atom. The third-order valence-electron chi connectivity index (χ3n) is 3.30. The summed E-state index contributed by atoms with van der Waals surface area (Å²) in [5.74, 6) is 0.0473. The highest BCUT2D eigenvalue weighted by atomic mass is 16.1. The van der Waals surface area contributed by atoms with Crippen molar-refractivity contribution in [3.63, 3.8) is 0 Å². The third kappa shape index (κ3) is 5.79. The maximum absolute atomic E-state index is 11.8. The van der Waals surface area contributed by atoms with Gasteiger partial charge in [-0.1, -0.05) is 48.0 Å². The zero-order valence-corrected chi connectivity index (χ0v) is 12.4. The molecule has 0 saturated carbocycles. The molecule has 2 N–H and O–H groups in total. The second-order valence-electron chi connectivity index (χ2n) is 5.15. The van der Waals surface area contributed by atoms with Gasteiger partial charge in [-0.15, -0.1) is 0 Å². The number of amides is 1. The zero-order chi connectivity index (χ0) is 14.9. The lowest BCUT2D eigenvalue weighted by molar-refractivity contribution is -0.116. The van der Waals surface area contributed by atoms with Gasteiger partial charge in [0.15, 0.2) is 0 Å². The van der Waals surface area contributed by atoms with Crippen molar-refractivity contribution >= 4 is 11.6 Å². The van der Waals surface area contributed by atoms with Crippen LogP contribution < -0.4 is 10.6 Å². The van der Waals surface area contributed by atoms with Crippen LogP contribution in [0.1, 0.15) is 17.5 Å². The molecule has 0 aromatic heterocycles. The van der Waals surface area contributed by atoms with E-state index in [4.69, 9.17) is 0 Å². The van der Waals surface area contributed by atoms with E-state index < -0.39 is 0 Å². The average molecular weight is 282 g/mol. The van der Waals surface area contributed by atoms with Gasteiger partial charge in [-0.05, 0) is 37.6 Å². The van der Waals surface area contributed by atoms with Gasteiger partial charge in [0.1, 0.15) is 0 Å². The number of carbonyl (C=O) groups excluding carboxylic acids is 1. The predicted octanol–water partition coefficient (Wildman–Crippen LogP) is 3.16. The van der Waals surface area contributed by atoms with E-state index in [1.807, 2.05) is 49.4 Å². The van der Waals surface area contributed by atoms with Crippen LogP contribution in [0, 0.1) is 6.92 Å². The standard InChI is InChI=1S/C18H22N2O/c1-15-7-9-17(10-8-15)20-18(21)12-14-19-13-11-16-5-3-2-4-6-16/h2-10,19H,11-14H2,1H3,(H,20,21). The first-order chi connectivity index (χ1) is 10.2. The molecule has 0 aliphatic rings. The monoisotopic (exact) mass is 282 g/mol. The van der Waals surface area contributed by atoms with Crippen LogP contribution in [0.2, 0.25) is 0 Å². The molecule has 0 saturated heterocycles. The molecule has 0 fully saturated rings. The van der Waals surface area contributed by atoms with Gasteiger partial charge in [-0.25, -0.2) is 0 Å². The van der Waals surface area contributed by atoms with E-state index in [1.54, 1.807) is 0 Å². The second-order valence-corrected chi connectivity index (χ2v) is 5.15. The highest BCUT2D eigenvalue weighted by Crippen LogP contribution is 2.08. The van der Waals surface area contributed by atoms with Crippen molar-refractivity contribution in [2.24, 2.45) is 0 Å². The van der Waals surface area contributed by atoms with Gasteiger partial charge >= 0.3 is 0 Å². The van der Waals surface area contributed by atoms with Crippen molar-refractivity contribution in [3.05, 3.63) is 65.7 Å². The minimum Gasteiger partial charge on any atom is -0.326 e. The van der Waals surface area contributed by atoms with Gasteiger partial charge in [-0.3, -0.25) is 4.79 Å². The Morgan fingerprint density at radius 1 is 0.952 bits per heavy atom. The van der Waals surface area contributed by atoms with E-state index >= 15 is 0 Å². The number of carbonyl (C=O) groups is 1. The van der Waals surface area contributed by atoms with E-state index in [2.05, 4.69) is 22.8 Å². The van der Waals surface area contributed by atoms with Crippen molar-refractivity contribution in [3.8, 4) is 0 Å². The Kier molecular flexibility index (Phi) is 5.98. The molecule has 3 heteroatoms. The SMILES string of the molecule is Cc1ccc(NC(=O)CCNCCc2ccccc2)cc1. The number of nitrogens with one attached hydrogen (secondary N) is 2. The van der Waals surface area contributed by atoms with Crippen molar-refractivity contribution in [1.29, 1.82) is 0 Å². The lowest BCUT2D eigenvalue weighted by atomic mass is 10.1. The van der Waals surface area contributed by atoms with Crippen molar-refractivity contribution in [2.45, 2.75) is 19.8 Å². The molecule has 0 aliphatic heterocycles. The molecular weight excluding hydrogens is 260 g/mol. The molecule has 0 bridgehead atoms. The lowest BCUT2D eigenvalue weighted by Crippen LogP contribution is -2.23. The van der Waals surface area contributed by atoms with E-state index in [0.717, 1.165) is 18.7 Å². The fourth-order valence-electron chi connectivity index (χ4n) is 2.06. The topological polar surface area (TPSA) is 41.1 Å². The summed E-state index contributed by atoms with van der Waals surface area (Å²) in [6.45, 7) is 3.62. The minimum atomic E-state index is 0.0473. The summed E-state index contributed by atoms with van der Waals surface area (Å²) in [6.07, 6.45) is 1.48. The number of anilines is 1. The van der Waals surface area contributed by atoms with E-state index in [0.29, 0.717) is 13.0 Å². The van der Waals surface area contributed by atoms with Crippen LogP contribution in [0.5, 0.6) is 0 Å². The second kappa shape index (κ2) is 8.22. The van der Waals surface area contributed by atoms with Crippen molar-refractivity contribution < 1.29 is 4.79 Å². The van der Waals surface area contributed by atoms with Gasteiger partial charge in [0.05, 0.1) is 0 Å². The van der Waals surface area contributed by atoms with Gasteiger partial charge in [0.25, 0.3) is 0 Å². The minimum absolute atomic E-state index is 0.0473. The molecule has 1 amide bonds. The molecule has 2 rings (SSSR count). The van der Waals surface area contributed by atoms with Crippen LogP contribution in [0.25, 0.3) is 0 Å². The summed E-state index contributed by atoms with van der Waals surface area (Å²) in [7, 11) is 0. The molecule has 0 unspecified atom stereocenters. The van der Waals surface area contributed by atoms with Gasteiger partial charge in [-0.2, -0.15) is 0 Å². The van der Waals surface area contributed by atoms with Crippen LogP contribution in [-0.4, -0.2) is 19.0 Å². The fourth-order valence-corrected chi connectivity index (χ4v) is 2.06. The first-order valence-corrected chi connectivity index (χ1v) is 7.35. The van der Waals surface area contributed by atoms with E-state index in [1.165, 1.54) is 11.1 Å². The molecule has 0 spiro atoms. The molecule has 0 radical (unpaired) electrons. The maximum atomic E-state index is 11.8. The molecule has 0 heterocycles. The largest absolute Gasteiger partial charge is 0.326 e. The predicted molar refractivity (Wildman–Crippen MR) is 87.4 cm³/mol. The summed E-state index contributed by atoms with van der Waals surface area (Å²) in [5.41, 5.74) is 3.36. The van der Waals surface area contributed by atoms with Crippen LogP contribution >= 0.6 is 0 Å². The molecule has 3 nitrogen and oxygen atoms in total. The van der Waals surface area contributed by atoms with Crippen LogP contribution in [0.15, 0.2) is 54.6 Å². The summed E-state index contributed by atoms with van der Waals surface area (Å²) >= 11 is 0. The number of aryl methyl sites for hydroxylation is 1. The normalized spacial score (nSPS) is 10.3. The third-order valence-corrected chi connectivity index (χ3v) is 3.30. The molecule has 2 aromatic rings. The smallest absolute Gasteiger partial charge is 0.225 e. The van der Waals surface area contributed by atoms with Crippen LogP contribution in [0.4, 0.5) is 5.69 Å². The Hall–Kier alpha value is -2.13. The van der Waals surface area contributed by atoms with Crippen LogP contribution in [-0.2, 0) is 11.2 Å². The van der Waals surface area contributed by atoms with Crippen LogP contribution in [0.3, 0.4) is 0 Å². The Bertz CT molecular complexity index is 549. The molecule has 0 aliphatic carbocycles. The number of benzene rings is 2. The van der Waals surface area contributed by atoms with Gasteiger partial charge < -0.3 is 10.6 Å². The fraction of sp³-hybridized carbons (Fsp3) is 0.278. The average Bonchev–Trinajstić information content (AvgIpc) is 2.50. The van der Waals surface area contributed by atoms with Gasteiger partial charge in [0.2, 0.25) is 5.91 Å². The molecule has 110 valence electrons. The number of hydrogen-bond donors (Lipinski definition) is 2. The zero-order valence-electron chi connectivity index (χ0n) is 12.4. The quantitative estimate of drug-likeness (QED) is 0.766. The first kappa shape index (κ1) is 15.3. The Morgan fingerprint density at radius 3 is 2.38 bits per heavy atom. The molecule has 2 aromatic carbocycles. The Labute approximate surface area is 126 Å². The van der Waals surface area contributed by atoms with E-state index in [-0.39, 0.29) is 5.91 Å². The summed E-state index contributed by atoms with van der Waals surface area (Å²) < 4.78 is 0. The Balaban J connectivity index is 1.60. The highest BCUT2D eigenvalue weighted by Gasteiger charge is 2.01. The van der Waals surface area contributed by atoms with Crippen molar-refractivity contribution in [2.75, 3.05) is 18.4 Å². The lowest BCUT2D eigenvalue weighted by Gasteiger charge is -2.07. The maximum Gasteiger partial charge on any atom is 0.225 e. The number of hydrogen-bond acceptors (Lipinski definition) is 2. The van der Waals surface area contributed by atoms with Crippen molar-refractivity contribution in [1.82, 2.24) is 5.32 Å². The summed E-state index contributed by atoms with van der Waals surface area (Å²) in [4.78, 5) is 11.8. The van der Waals surface area contributed by atoms with Gasteiger partial charge in [0, 0.05) is 18.7 Å².